The van der Waals surface area contributed by atoms with Gasteiger partial charge in [-0.1, -0.05) is 24.3 Å². The minimum Gasteiger partial charge on any atom is -0.384 e. The maximum Gasteiger partial charge on any atom is 0.165 e. The molecule has 0 fully saturated rings. The number of halogens is 1. The van der Waals surface area contributed by atoms with Crippen molar-refractivity contribution in [2.75, 3.05) is 5.73 Å². The van der Waals surface area contributed by atoms with Crippen LogP contribution < -0.4 is 5.73 Å². The predicted molar refractivity (Wildman–Crippen MR) is 109 cm³/mol. The van der Waals surface area contributed by atoms with Gasteiger partial charge in [0.1, 0.15) is 17.5 Å². The second-order valence-corrected chi connectivity index (χ2v) is 6.62. The van der Waals surface area contributed by atoms with E-state index in [0.29, 0.717) is 23.0 Å². The molecule has 6 heteroatoms. The number of benzene rings is 2. The lowest BCUT2D eigenvalue weighted by atomic mass is 10.1. The maximum atomic E-state index is 14.4. The number of para-hydroxylation sites is 1. The molecule has 0 spiro atoms. The Morgan fingerprint density at radius 3 is 2.54 bits per heavy atom. The molecule has 0 aliphatic rings. The lowest BCUT2D eigenvalue weighted by molar-refractivity contribution is 0.630. The first kappa shape index (κ1) is 16.4. The van der Waals surface area contributed by atoms with Crippen LogP contribution in [0, 0.1) is 12.7 Å². The van der Waals surface area contributed by atoms with Gasteiger partial charge < -0.3 is 10.3 Å². The predicted octanol–water partition coefficient (Wildman–Crippen LogP) is 4.67. The van der Waals surface area contributed by atoms with Crippen molar-refractivity contribution in [1.82, 2.24) is 19.5 Å². The van der Waals surface area contributed by atoms with Crippen molar-refractivity contribution in [1.29, 1.82) is 0 Å². The number of nitrogen functional groups attached to an aromatic ring is 1. The number of nitrogens with zero attached hydrogens (tertiary/aromatic N) is 4. The number of anilines is 1. The molecule has 5 aromatic rings. The molecule has 0 aliphatic heterocycles. The molecular formula is C22H16FN5. The van der Waals surface area contributed by atoms with Gasteiger partial charge in [-0.05, 0) is 37.3 Å². The van der Waals surface area contributed by atoms with Crippen LogP contribution in [0.1, 0.15) is 5.69 Å². The second kappa shape index (κ2) is 6.13. The van der Waals surface area contributed by atoms with Gasteiger partial charge in [-0.15, -0.1) is 0 Å². The summed E-state index contributed by atoms with van der Waals surface area (Å²) in [5.74, 6) is 1.10. The summed E-state index contributed by atoms with van der Waals surface area (Å²) in [4.78, 5) is 13.7. The van der Waals surface area contributed by atoms with E-state index in [0.717, 1.165) is 27.5 Å². The van der Waals surface area contributed by atoms with Crippen LogP contribution in [0.25, 0.3) is 39.0 Å². The number of hydrogen-bond acceptors (Lipinski definition) is 4. The Balaban J connectivity index is 1.86. The first-order valence-electron chi connectivity index (χ1n) is 8.88. The number of nitrogens with two attached hydrogens (primary N) is 1. The van der Waals surface area contributed by atoms with Crippen LogP contribution in [-0.2, 0) is 0 Å². The van der Waals surface area contributed by atoms with Gasteiger partial charge in [-0.3, -0.25) is 0 Å². The van der Waals surface area contributed by atoms with Crippen LogP contribution in [0.2, 0.25) is 0 Å². The van der Waals surface area contributed by atoms with Gasteiger partial charge in [-0.25, -0.2) is 19.3 Å². The molecule has 28 heavy (non-hydrogen) atoms. The standard InChI is InChI=1S/C22H16FN5/c1-13-14-10-11-28(19(14)12-20(24)25-13)22-16-7-3-5-9-18(16)26-21(27-22)15-6-2-4-8-17(15)23/h2-12H,1H3,(H2,24,25). The third kappa shape index (κ3) is 2.50. The number of fused-ring (bicyclic) bond motifs is 2. The topological polar surface area (TPSA) is 69.6 Å². The molecule has 3 heterocycles. The van der Waals surface area contributed by atoms with Gasteiger partial charge in [0, 0.05) is 28.7 Å². The van der Waals surface area contributed by atoms with Gasteiger partial charge in [0.2, 0.25) is 0 Å². The third-order valence-corrected chi connectivity index (χ3v) is 4.82. The van der Waals surface area contributed by atoms with Crippen molar-refractivity contribution < 1.29 is 4.39 Å². The van der Waals surface area contributed by atoms with Crippen molar-refractivity contribution in [2.45, 2.75) is 6.92 Å². The van der Waals surface area contributed by atoms with E-state index in [1.54, 1.807) is 18.2 Å². The summed E-state index contributed by atoms with van der Waals surface area (Å²) in [5.41, 5.74) is 8.83. The summed E-state index contributed by atoms with van der Waals surface area (Å²) in [5, 5.41) is 1.86. The zero-order valence-corrected chi connectivity index (χ0v) is 15.1. The normalized spacial score (nSPS) is 11.4. The molecule has 0 atom stereocenters. The van der Waals surface area contributed by atoms with Crippen molar-refractivity contribution in [2.24, 2.45) is 0 Å². The third-order valence-electron chi connectivity index (χ3n) is 4.82. The molecule has 0 amide bonds. The minimum absolute atomic E-state index is 0.340. The van der Waals surface area contributed by atoms with Gasteiger partial charge in [0.25, 0.3) is 0 Å². The van der Waals surface area contributed by atoms with E-state index in [2.05, 4.69) is 9.97 Å². The quantitative estimate of drug-likeness (QED) is 0.491. The molecule has 5 rings (SSSR count). The highest BCUT2D eigenvalue weighted by molar-refractivity contribution is 5.92. The van der Waals surface area contributed by atoms with Gasteiger partial charge in [0.05, 0.1) is 16.6 Å². The lowest BCUT2D eigenvalue weighted by Gasteiger charge is -2.12. The Morgan fingerprint density at radius 1 is 0.893 bits per heavy atom. The monoisotopic (exact) mass is 369 g/mol. The van der Waals surface area contributed by atoms with E-state index < -0.39 is 0 Å². The molecule has 2 aromatic carbocycles. The summed E-state index contributed by atoms with van der Waals surface area (Å²) in [7, 11) is 0. The van der Waals surface area contributed by atoms with Gasteiger partial charge in [0.15, 0.2) is 5.82 Å². The van der Waals surface area contributed by atoms with Crippen molar-refractivity contribution in [3.8, 4) is 17.2 Å². The second-order valence-electron chi connectivity index (χ2n) is 6.62. The Labute approximate surface area is 160 Å². The van der Waals surface area contributed by atoms with Gasteiger partial charge >= 0.3 is 0 Å². The largest absolute Gasteiger partial charge is 0.384 e. The fourth-order valence-electron chi connectivity index (χ4n) is 3.52. The van der Waals surface area contributed by atoms with Crippen LogP contribution in [0.5, 0.6) is 0 Å². The summed E-state index contributed by atoms with van der Waals surface area (Å²) in [6, 6.07) is 18.0. The van der Waals surface area contributed by atoms with Crippen LogP contribution >= 0.6 is 0 Å². The summed E-state index contributed by atoms with van der Waals surface area (Å²) in [6.45, 7) is 1.92. The van der Waals surface area contributed by atoms with E-state index in [1.165, 1.54) is 6.07 Å². The van der Waals surface area contributed by atoms with E-state index >= 15 is 0 Å². The van der Waals surface area contributed by atoms with E-state index in [1.807, 2.05) is 54.1 Å². The fourth-order valence-corrected chi connectivity index (χ4v) is 3.52. The maximum absolute atomic E-state index is 14.4. The van der Waals surface area contributed by atoms with Crippen LogP contribution in [0.4, 0.5) is 10.2 Å². The SMILES string of the molecule is Cc1nc(N)cc2c1ccn2-c1nc(-c2ccccc2F)nc2ccccc12. The van der Waals surface area contributed by atoms with E-state index in [-0.39, 0.29) is 5.82 Å². The fraction of sp³-hybridized carbons (Fsp3) is 0.0455. The number of aryl methyl sites for hydroxylation is 1. The molecule has 0 saturated carbocycles. The zero-order chi connectivity index (χ0) is 19.3. The molecule has 5 nitrogen and oxygen atoms in total. The van der Waals surface area contributed by atoms with Crippen LogP contribution in [0.15, 0.2) is 66.9 Å². The zero-order valence-electron chi connectivity index (χ0n) is 15.1. The van der Waals surface area contributed by atoms with Crippen molar-refractivity contribution in [3.63, 3.8) is 0 Å². The Bertz CT molecular complexity index is 1360. The van der Waals surface area contributed by atoms with E-state index in [4.69, 9.17) is 10.7 Å². The van der Waals surface area contributed by atoms with Crippen LogP contribution in [0.3, 0.4) is 0 Å². The molecule has 0 bridgehead atoms. The molecule has 0 radical (unpaired) electrons. The smallest absolute Gasteiger partial charge is 0.165 e. The summed E-state index contributed by atoms with van der Waals surface area (Å²) < 4.78 is 16.3. The first-order valence-corrected chi connectivity index (χ1v) is 8.88. The average molecular weight is 369 g/mol. The number of hydrogen-bond donors (Lipinski definition) is 1. The minimum atomic E-state index is -0.356. The lowest BCUT2D eigenvalue weighted by Crippen LogP contribution is -2.03. The molecule has 0 aliphatic carbocycles. The van der Waals surface area contributed by atoms with Gasteiger partial charge in [-0.2, -0.15) is 0 Å². The highest BCUT2D eigenvalue weighted by Gasteiger charge is 2.15. The number of pyridine rings is 1. The van der Waals surface area contributed by atoms with E-state index in [9.17, 15) is 4.39 Å². The Hall–Kier alpha value is -3.80. The Kier molecular flexibility index (Phi) is 3.58. The molecule has 0 unspecified atom stereocenters. The average Bonchev–Trinajstić information content (AvgIpc) is 3.11. The highest BCUT2D eigenvalue weighted by atomic mass is 19.1. The van der Waals surface area contributed by atoms with Crippen molar-refractivity contribution in [3.05, 3.63) is 78.4 Å². The highest BCUT2D eigenvalue weighted by Crippen LogP contribution is 2.29. The molecule has 2 N–H and O–H groups in total. The summed E-state index contributed by atoms with van der Waals surface area (Å²) in [6.07, 6.45) is 1.93. The number of aromatic nitrogens is 4. The van der Waals surface area contributed by atoms with Crippen LogP contribution in [-0.4, -0.2) is 19.5 Å². The molecule has 0 saturated heterocycles. The van der Waals surface area contributed by atoms with Crippen molar-refractivity contribution >= 4 is 27.6 Å². The molecule has 3 aromatic heterocycles. The Morgan fingerprint density at radius 2 is 1.68 bits per heavy atom. The number of rotatable bonds is 2. The summed E-state index contributed by atoms with van der Waals surface area (Å²) >= 11 is 0. The molecular weight excluding hydrogens is 353 g/mol. The first-order chi connectivity index (χ1) is 13.6. The molecule has 136 valence electrons.